The molecule has 6 heteroatoms. The lowest BCUT2D eigenvalue weighted by Crippen LogP contribution is -2.28. The van der Waals surface area contributed by atoms with E-state index in [9.17, 15) is 0 Å². The van der Waals surface area contributed by atoms with Crippen molar-refractivity contribution in [3.05, 3.63) is 66.1 Å². The lowest BCUT2D eigenvalue weighted by Gasteiger charge is -2.22. The van der Waals surface area contributed by atoms with Gasteiger partial charge in [0.15, 0.2) is 5.82 Å². The van der Waals surface area contributed by atoms with Gasteiger partial charge in [-0.25, -0.2) is 9.97 Å². The van der Waals surface area contributed by atoms with Crippen molar-refractivity contribution >= 4 is 5.82 Å². The van der Waals surface area contributed by atoms with Gasteiger partial charge in [0.2, 0.25) is 0 Å². The average Bonchev–Trinajstić information content (AvgIpc) is 2.73. The van der Waals surface area contributed by atoms with E-state index in [1.807, 2.05) is 49.4 Å². The number of hydrogen-bond acceptors (Lipinski definition) is 6. The maximum absolute atomic E-state index is 5.91. The molecule has 4 rings (SSSR count). The van der Waals surface area contributed by atoms with E-state index in [-0.39, 0.29) is 6.10 Å². The molecule has 0 spiro atoms. The van der Waals surface area contributed by atoms with Gasteiger partial charge in [0.25, 0.3) is 0 Å². The highest BCUT2D eigenvalue weighted by Crippen LogP contribution is 2.25. The standard InChI is InChI=1S/C21H23N5O/c1-15(27-17-8-5-10-22-13-17)12-24-21-18-9-11-23-14-19(18)25-20(26-21)16-6-3-2-4-7-16/h2-8,10,13,15,23H,9,11-12,14H2,1H3,(H,24,25,26)/t15-/m0/s1. The molecule has 0 bridgehead atoms. The van der Waals surface area contributed by atoms with Crippen molar-refractivity contribution in [3.63, 3.8) is 0 Å². The average molecular weight is 361 g/mol. The van der Waals surface area contributed by atoms with Crippen molar-refractivity contribution in [1.29, 1.82) is 0 Å². The summed E-state index contributed by atoms with van der Waals surface area (Å²) in [5.41, 5.74) is 3.29. The lowest BCUT2D eigenvalue weighted by atomic mass is 10.1. The summed E-state index contributed by atoms with van der Waals surface area (Å²) in [4.78, 5) is 13.7. The molecule has 0 fully saturated rings. The van der Waals surface area contributed by atoms with Crippen LogP contribution >= 0.6 is 0 Å². The molecule has 6 nitrogen and oxygen atoms in total. The minimum atomic E-state index is -0.0123. The number of anilines is 1. The number of pyridine rings is 1. The highest BCUT2D eigenvalue weighted by Gasteiger charge is 2.18. The molecule has 3 heterocycles. The van der Waals surface area contributed by atoms with Crippen LogP contribution in [0, 0.1) is 0 Å². The molecule has 1 aliphatic heterocycles. The first kappa shape index (κ1) is 17.4. The van der Waals surface area contributed by atoms with Crippen LogP contribution in [-0.2, 0) is 13.0 Å². The van der Waals surface area contributed by atoms with Crippen LogP contribution in [0.2, 0.25) is 0 Å². The highest BCUT2D eigenvalue weighted by atomic mass is 16.5. The minimum absolute atomic E-state index is 0.0123. The van der Waals surface area contributed by atoms with E-state index < -0.39 is 0 Å². The molecular weight excluding hydrogens is 338 g/mol. The third-order valence-corrected chi connectivity index (χ3v) is 4.50. The second-order valence-electron chi connectivity index (χ2n) is 6.61. The quantitative estimate of drug-likeness (QED) is 0.703. The van der Waals surface area contributed by atoms with Crippen molar-refractivity contribution in [2.24, 2.45) is 0 Å². The van der Waals surface area contributed by atoms with Crippen LogP contribution in [0.1, 0.15) is 18.2 Å². The lowest BCUT2D eigenvalue weighted by molar-refractivity contribution is 0.233. The van der Waals surface area contributed by atoms with Gasteiger partial charge in [0.05, 0.1) is 18.4 Å². The van der Waals surface area contributed by atoms with Gasteiger partial charge in [0.1, 0.15) is 17.7 Å². The molecule has 1 atom stereocenters. The third kappa shape index (κ3) is 4.23. The molecule has 2 N–H and O–H groups in total. The fourth-order valence-corrected chi connectivity index (χ4v) is 3.15. The Labute approximate surface area is 159 Å². The van der Waals surface area contributed by atoms with Gasteiger partial charge in [-0.05, 0) is 32.0 Å². The minimum Gasteiger partial charge on any atom is -0.487 e. The normalized spacial score (nSPS) is 14.3. The number of nitrogens with one attached hydrogen (secondary N) is 2. The Bertz CT molecular complexity index is 886. The van der Waals surface area contributed by atoms with E-state index in [0.29, 0.717) is 6.54 Å². The summed E-state index contributed by atoms with van der Waals surface area (Å²) in [5, 5.41) is 6.87. The van der Waals surface area contributed by atoms with Crippen LogP contribution < -0.4 is 15.4 Å². The first-order valence-corrected chi connectivity index (χ1v) is 9.26. The maximum atomic E-state index is 5.91. The summed E-state index contributed by atoms with van der Waals surface area (Å²) >= 11 is 0. The first-order valence-electron chi connectivity index (χ1n) is 9.26. The molecule has 1 aliphatic rings. The van der Waals surface area contributed by atoms with Crippen LogP contribution in [0.5, 0.6) is 5.75 Å². The Balaban J connectivity index is 1.54. The zero-order chi connectivity index (χ0) is 18.5. The summed E-state index contributed by atoms with van der Waals surface area (Å²) in [7, 11) is 0. The van der Waals surface area contributed by atoms with Gasteiger partial charge in [-0.2, -0.15) is 0 Å². The molecule has 1 aromatic carbocycles. The molecule has 0 amide bonds. The van der Waals surface area contributed by atoms with Crippen LogP contribution in [0.4, 0.5) is 5.82 Å². The molecule has 0 aliphatic carbocycles. The summed E-state index contributed by atoms with van der Waals surface area (Å²) in [6, 6.07) is 13.9. The van der Waals surface area contributed by atoms with Crippen LogP contribution in [0.15, 0.2) is 54.9 Å². The summed E-state index contributed by atoms with van der Waals surface area (Å²) in [6.45, 7) is 4.40. The van der Waals surface area contributed by atoms with Gasteiger partial charge in [-0.15, -0.1) is 0 Å². The van der Waals surface area contributed by atoms with Gasteiger partial charge in [0, 0.05) is 23.9 Å². The van der Waals surface area contributed by atoms with E-state index in [1.165, 1.54) is 5.56 Å². The highest BCUT2D eigenvalue weighted by molar-refractivity contribution is 5.60. The fourth-order valence-electron chi connectivity index (χ4n) is 3.15. The largest absolute Gasteiger partial charge is 0.487 e. The van der Waals surface area contributed by atoms with Crippen LogP contribution in [0.25, 0.3) is 11.4 Å². The van der Waals surface area contributed by atoms with Crippen molar-refractivity contribution in [2.75, 3.05) is 18.4 Å². The molecule has 0 saturated carbocycles. The van der Waals surface area contributed by atoms with E-state index in [1.54, 1.807) is 12.4 Å². The Morgan fingerprint density at radius 3 is 2.85 bits per heavy atom. The van der Waals surface area contributed by atoms with Gasteiger partial charge in [-0.1, -0.05) is 30.3 Å². The molecule has 3 aromatic rings. The zero-order valence-corrected chi connectivity index (χ0v) is 15.4. The van der Waals surface area contributed by atoms with Crippen molar-refractivity contribution in [3.8, 4) is 17.1 Å². The van der Waals surface area contributed by atoms with E-state index in [0.717, 1.165) is 48.2 Å². The topological polar surface area (TPSA) is 72.0 Å². The van der Waals surface area contributed by atoms with E-state index in [4.69, 9.17) is 14.7 Å². The fraction of sp³-hybridized carbons (Fsp3) is 0.286. The van der Waals surface area contributed by atoms with Gasteiger partial charge in [-0.3, -0.25) is 4.98 Å². The van der Waals surface area contributed by atoms with Crippen molar-refractivity contribution in [1.82, 2.24) is 20.3 Å². The smallest absolute Gasteiger partial charge is 0.161 e. The molecule has 0 unspecified atom stereocenters. The Morgan fingerprint density at radius 1 is 1.15 bits per heavy atom. The monoisotopic (exact) mass is 361 g/mol. The molecule has 27 heavy (non-hydrogen) atoms. The van der Waals surface area contributed by atoms with Crippen molar-refractivity contribution in [2.45, 2.75) is 26.0 Å². The number of benzene rings is 1. The number of fused-ring (bicyclic) bond motifs is 1. The molecule has 138 valence electrons. The van der Waals surface area contributed by atoms with Crippen LogP contribution in [-0.4, -0.2) is 34.1 Å². The van der Waals surface area contributed by atoms with Gasteiger partial charge >= 0.3 is 0 Å². The second-order valence-corrected chi connectivity index (χ2v) is 6.61. The number of nitrogens with zero attached hydrogens (tertiary/aromatic N) is 3. The summed E-state index contributed by atoms with van der Waals surface area (Å²) in [6.07, 6.45) is 4.37. The van der Waals surface area contributed by atoms with Crippen molar-refractivity contribution < 1.29 is 4.74 Å². The first-order chi connectivity index (χ1) is 13.3. The number of ether oxygens (including phenoxy) is 1. The molecule has 2 aromatic heterocycles. The molecular formula is C21H23N5O. The second kappa shape index (κ2) is 8.14. The van der Waals surface area contributed by atoms with Crippen LogP contribution in [0.3, 0.4) is 0 Å². The summed E-state index contributed by atoms with van der Waals surface area (Å²) < 4.78 is 5.91. The predicted octanol–water partition coefficient (Wildman–Crippen LogP) is 3.06. The number of hydrogen-bond donors (Lipinski definition) is 2. The van der Waals surface area contributed by atoms with Gasteiger partial charge < -0.3 is 15.4 Å². The van der Waals surface area contributed by atoms with E-state index in [2.05, 4.69) is 15.6 Å². The Morgan fingerprint density at radius 2 is 2.04 bits per heavy atom. The Hall–Kier alpha value is -2.99. The summed E-state index contributed by atoms with van der Waals surface area (Å²) in [5.74, 6) is 2.43. The van der Waals surface area contributed by atoms with E-state index >= 15 is 0 Å². The molecule has 0 saturated heterocycles. The SMILES string of the molecule is C[C@@H](CNc1nc(-c2ccccc2)nc2c1CCNC2)Oc1cccnc1. The zero-order valence-electron chi connectivity index (χ0n) is 15.4. The maximum Gasteiger partial charge on any atom is 0.161 e. The Kier molecular flexibility index (Phi) is 5.25. The molecule has 0 radical (unpaired) electrons. The predicted molar refractivity (Wildman–Crippen MR) is 106 cm³/mol. The number of aromatic nitrogens is 3. The number of rotatable bonds is 6. The third-order valence-electron chi connectivity index (χ3n) is 4.50.